The minimum atomic E-state index is -0.739. The molecule has 0 aliphatic heterocycles. The second-order valence-corrected chi connectivity index (χ2v) is 5.27. The Morgan fingerprint density at radius 2 is 1.91 bits per heavy atom. The molecular weight excluding hydrogens is 285 g/mol. The van der Waals surface area contributed by atoms with Gasteiger partial charge in [-0.25, -0.2) is 9.18 Å². The van der Waals surface area contributed by atoms with Crippen molar-refractivity contribution in [3.05, 3.63) is 65.5 Å². The molecule has 0 heterocycles. The molecule has 1 saturated carbocycles. The molecule has 0 saturated heterocycles. The van der Waals surface area contributed by atoms with Crippen molar-refractivity contribution in [1.82, 2.24) is 0 Å². The first-order valence-corrected chi connectivity index (χ1v) is 7.06. The first-order chi connectivity index (χ1) is 10.6. The van der Waals surface area contributed by atoms with Crippen LogP contribution in [0.1, 0.15) is 23.5 Å². The fraction of sp³-hybridized carbons (Fsp3) is 0.235. The van der Waals surface area contributed by atoms with Crippen LogP contribution >= 0.6 is 0 Å². The van der Waals surface area contributed by atoms with E-state index in [-0.39, 0.29) is 24.4 Å². The largest absolute Gasteiger partial charge is 0.489 e. The number of benzene rings is 2. The molecule has 22 heavy (non-hydrogen) atoms. The lowest BCUT2D eigenvalue weighted by Gasteiger charge is -2.08. The molecule has 1 aliphatic rings. The number of carbonyl (C=O) groups is 1. The fourth-order valence-corrected chi connectivity index (χ4v) is 2.39. The number of halogens is 1. The average Bonchev–Trinajstić information content (AvgIpc) is 3.25. The molecule has 2 aromatic rings. The third-order valence-electron chi connectivity index (χ3n) is 3.66. The van der Waals surface area contributed by atoms with Crippen molar-refractivity contribution in [1.29, 1.82) is 0 Å². The van der Waals surface area contributed by atoms with Crippen molar-refractivity contribution in [2.45, 2.75) is 25.0 Å². The van der Waals surface area contributed by atoms with Crippen molar-refractivity contribution in [3.8, 4) is 5.75 Å². The highest BCUT2D eigenvalue weighted by molar-refractivity contribution is 5.65. The number of amides is 1. The molecule has 2 aromatic carbocycles. The third-order valence-corrected chi connectivity index (χ3v) is 3.66. The number of ether oxygens (including phenoxy) is 2. The first kappa shape index (κ1) is 14.4. The average molecular weight is 301 g/mol. The zero-order chi connectivity index (χ0) is 15.5. The third kappa shape index (κ3) is 3.36. The summed E-state index contributed by atoms with van der Waals surface area (Å²) in [5.41, 5.74) is 6.58. The molecule has 114 valence electrons. The fourth-order valence-electron chi connectivity index (χ4n) is 2.39. The predicted octanol–water partition coefficient (Wildman–Crippen LogP) is 3.36. The summed E-state index contributed by atoms with van der Waals surface area (Å²) in [6.07, 6.45) is -0.0710. The Bertz CT molecular complexity index is 672. The Morgan fingerprint density at radius 1 is 1.18 bits per heavy atom. The van der Waals surface area contributed by atoms with Gasteiger partial charge in [0.25, 0.3) is 0 Å². The van der Waals surface area contributed by atoms with Gasteiger partial charge < -0.3 is 15.2 Å². The SMILES string of the molecule is NC(=O)OC1CC1c1ccc(OCc2ccccc2F)cc1. The highest BCUT2D eigenvalue weighted by Gasteiger charge is 2.41. The van der Waals surface area contributed by atoms with Gasteiger partial charge in [-0.05, 0) is 30.2 Å². The van der Waals surface area contributed by atoms with Gasteiger partial charge in [0.1, 0.15) is 24.3 Å². The van der Waals surface area contributed by atoms with Gasteiger partial charge in [0, 0.05) is 11.5 Å². The van der Waals surface area contributed by atoms with Crippen molar-refractivity contribution >= 4 is 6.09 Å². The van der Waals surface area contributed by atoms with Gasteiger partial charge in [-0.3, -0.25) is 0 Å². The van der Waals surface area contributed by atoms with E-state index in [1.807, 2.05) is 24.3 Å². The molecule has 2 N–H and O–H groups in total. The number of carbonyl (C=O) groups excluding carboxylic acids is 1. The van der Waals surface area contributed by atoms with Crippen LogP contribution in [0.25, 0.3) is 0 Å². The predicted molar refractivity (Wildman–Crippen MR) is 79.0 cm³/mol. The number of primary amides is 1. The first-order valence-electron chi connectivity index (χ1n) is 7.06. The lowest BCUT2D eigenvalue weighted by molar-refractivity contribution is 0.147. The maximum absolute atomic E-state index is 13.5. The van der Waals surface area contributed by atoms with Gasteiger partial charge in [0.2, 0.25) is 0 Å². The molecule has 0 radical (unpaired) electrons. The van der Waals surface area contributed by atoms with E-state index in [1.165, 1.54) is 6.07 Å². The van der Waals surface area contributed by atoms with Gasteiger partial charge in [0.05, 0.1) is 0 Å². The van der Waals surface area contributed by atoms with Crippen LogP contribution in [0.2, 0.25) is 0 Å². The van der Waals surface area contributed by atoms with Crippen LogP contribution in [0.5, 0.6) is 5.75 Å². The Balaban J connectivity index is 1.56. The molecule has 0 bridgehead atoms. The van der Waals surface area contributed by atoms with Crippen LogP contribution in [0.15, 0.2) is 48.5 Å². The topological polar surface area (TPSA) is 61.6 Å². The van der Waals surface area contributed by atoms with Crippen molar-refractivity contribution in [3.63, 3.8) is 0 Å². The molecule has 1 amide bonds. The Morgan fingerprint density at radius 3 is 2.59 bits per heavy atom. The molecule has 2 unspecified atom stereocenters. The normalized spacial score (nSPS) is 19.5. The summed E-state index contributed by atoms with van der Waals surface area (Å²) in [6.45, 7) is 0.183. The van der Waals surface area contributed by atoms with E-state index in [4.69, 9.17) is 15.2 Å². The van der Waals surface area contributed by atoms with E-state index >= 15 is 0 Å². The number of nitrogens with two attached hydrogens (primary N) is 1. The Labute approximate surface area is 127 Å². The van der Waals surface area contributed by atoms with E-state index in [9.17, 15) is 9.18 Å². The van der Waals surface area contributed by atoms with Gasteiger partial charge in [-0.1, -0.05) is 30.3 Å². The second kappa shape index (κ2) is 6.05. The van der Waals surface area contributed by atoms with Gasteiger partial charge in [0.15, 0.2) is 0 Å². The molecular formula is C17H16FNO3. The van der Waals surface area contributed by atoms with Crippen LogP contribution in [-0.2, 0) is 11.3 Å². The van der Waals surface area contributed by atoms with Crippen LogP contribution in [0, 0.1) is 5.82 Å². The van der Waals surface area contributed by atoms with Crippen LogP contribution in [0.3, 0.4) is 0 Å². The van der Waals surface area contributed by atoms with Crippen LogP contribution in [0.4, 0.5) is 9.18 Å². The zero-order valence-electron chi connectivity index (χ0n) is 11.9. The summed E-state index contributed by atoms with van der Waals surface area (Å²) in [6, 6.07) is 14.0. The maximum Gasteiger partial charge on any atom is 0.404 e. The van der Waals surface area contributed by atoms with Crippen LogP contribution in [-0.4, -0.2) is 12.2 Å². The molecule has 1 aliphatic carbocycles. The van der Waals surface area contributed by atoms with E-state index in [1.54, 1.807) is 18.2 Å². The van der Waals surface area contributed by atoms with Gasteiger partial charge in [-0.2, -0.15) is 0 Å². The molecule has 0 spiro atoms. The minimum Gasteiger partial charge on any atom is -0.489 e. The summed E-state index contributed by atoms with van der Waals surface area (Å²) in [5, 5.41) is 0. The number of hydrogen-bond acceptors (Lipinski definition) is 3. The number of rotatable bonds is 5. The quantitative estimate of drug-likeness (QED) is 0.921. The van der Waals surface area contributed by atoms with Crippen molar-refractivity contribution < 1.29 is 18.7 Å². The van der Waals surface area contributed by atoms with Crippen molar-refractivity contribution in [2.75, 3.05) is 0 Å². The second-order valence-electron chi connectivity index (χ2n) is 5.27. The highest BCUT2D eigenvalue weighted by Crippen LogP contribution is 2.43. The molecule has 4 nitrogen and oxygen atoms in total. The smallest absolute Gasteiger partial charge is 0.404 e. The van der Waals surface area contributed by atoms with E-state index in [0.29, 0.717) is 11.3 Å². The lowest BCUT2D eigenvalue weighted by atomic mass is 10.1. The van der Waals surface area contributed by atoms with E-state index in [0.717, 1.165) is 12.0 Å². The summed E-state index contributed by atoms with van der Waals surface area (Å²) in [5.74, 6) is 0.594. The number of hydrogen-bond donors (Lipinski definition) is 1. The minimum absolute atomic E-state index is 0.123. The molecule has 1 fully saturated rings. The summed E-state index contributed by atoms with van der Waals surface area (Å²) >= 11 is 0. The molecule has 3 rings (SSSR count). The Hall–Kier alpha value is -2.56. The maximum atomic E-state index is 13.5. The summed E-state index contributed by atoms with van der Waals surface area (Å²) in [7, 11) is 0. The van der Waals surface area contributed by atoms with Gasteiger partial charge >= 0.3 is 6.09 Å². The molecule has 5 heteroatoms. The van der Waals surface area contributed by atoms with E-state index < -0.39 is 6.09 Å². The molecule has 2 atom stereocenters. The van der Waals surface area contributed by atoms with Crippen molar-refractivity contribution in [2.24, 2.45) is 5.73 Å². The lowest BCUT2D eigenvalue weighted by Crippen LogP contribution is -2.14. The summed E-state index contributed by atoms with van der Waals surface area (Å²) < 4.78 is 24.0. The standard InChI is InChI=1S/C17H16FNO3/c18-15-4-2-1-3-12(15)10-21-13-7-5-11(6-8-13)14-9-16(14)22-17(19)20/h1-8,14,16H,9-10H2,(H2,19,20). The highest BCUT2D eigenvalue weighted by atomic mass is 19.1. The van der Waals surface area contributed by atoms with E-state index in [2.05, 4.69) is 0 Å². The zero-order valence-corrected chi connectivity index (χ0v) is 11.9. The van der Waals surface area contributed by atoms with Gasteiger partial charge in [-0.15, -0.1) is 0 Å². The molecule has 0 aromatic heterocycles. The van der Waals surface area contributed by atoms with Crippen LogP contribution < -0.4 is 10.5 Å². The summed E-state index contributed by atoms with van der Waals surface area (Å²) in [4.78, 5) is 10.7. The monoisotopic (exact) mass is 301 g/mol. The Kier molecular flexibility index (Phi) is 3.96.